The summed E-state index contributed by atoms with van der Waals surface area (Å²) in [6, 6.07) is 16.9. The summed E-state index contributed by atoms with van der Waals surface area (Å²) in [5.41, 5.74) is 2.42. The number of rotatable bonds is 7. The van der Waals surface area contributed by atoms with Crippen molar-refractivity contribution >= 4 is 28.4 Å². The minimum absolute atomic E-state index is 0.0929. The van der Waals surface area contributed by atoms with Crippen molar-refractivity contribution in [3.05, 3.63) is 66.4 Å². The van der Waals surface area contributed by atoms with Crippen LogP contribution in [0.4, 0.5) is 5.69 Å². The number of carbonyl (C=O) groups excluding carboxylic acids is 2. The summed E-state index contributed by atoms with van der Waals surface area (Å²) in [6.45, 7) is 2.25. The maximum absolute atomic E-state index is 12.2. The van der Waals surface area contributed by atoms with Crippen LogP contribution >= 0.6 is 0 Å². The minimum atomic E-state index is -0.0949. The van der Waals surface area contributed by atoms with Gasteiger partial charge in [-0.15, -0.1) is 0 Å². The molecule has 0 aliphatic heterocycles. The van der Waals surface area contributed by atoms with Gasteiger partial charge >= 0.3 is 0 Å². The first kappa shape index (κ1) is 19.4. The number of amides is 2. The van der Waals surface area contributed by atoms with Crippen molar-refractivity contribution in [2.75, 3.05) is 25.1 Å². The van der Waals surface area contributed by atoms with Crippen LogP contribution < -0.4 is 15.0 Å². The Hall–Kier alpha value is -3.41. The highest BCUT2D eigenvalue weighted by Gasteiger charge is 2.15. The molecule has 28 heavy (non-hydrogen) atoms. The van der Waals surface area contributed by atoms with Gasteiger partial charge in [-0.3, -0.25) is 14.6 Å². The third-order valence-electron chi connectivity index (χ3n) is 4.46. The third kappa shape index (κ3) is 4.65. The van der Waals surface area contributed by atoms with Crippen LogP contribution in [0.3, 0.4) is 0 Å². The molecule has 3 aromatic rings. The van der Waals surface area contributed by atoms with Crippen molar-refractivity contribution in [3.63, 3.8) is 0 Å². The molecule has 0 atom stereocenters. The van der Waals surface area contributed by atoms with Gasteiger partial charge in [0, 0.05) is 31.6 Å². The number of anilines is 1. The summed E-state index contributed by atoms with van der Waals surface area (Å²) in [4.78, 5) is 30.4. The second-order valence-electron chi connectivity index (χ2n) is 6.40. The number of nitrogens with zero attached hydrogens (tertiary/aromatic N) is 2. The normalized spacial score (nSPS) is 10.5. The van der Waals surface area contributed by atoms with E-state index in [9.17, 15) is 9.59 Å². The Morgan fingerprint density at radius 1 is 1.07 bits per heavy atom. The lowest BCUT2D eigenvalue weighted by Gasteiger charge is -2.22. The fourth-order valence-corrected chi connectivity index (χ4v) is 3.05. The molecule has 0 radical (unpaired) electrons. The second kappa shape index (κ2) is 8.99. The number of benzene rings is 2. The van der Waals surface area contributed by atoms with Gasteiger partial charge in [0.05, 0.1) is 24.7 Å². The van der Waals surface area contributed by atoms with Gasteiger partial charge in [0.15, 0.2) is 0 Å². The molecule has 0 saturated heterocycles. The molecule has 0 saturated carbocycles. The zero-order valence-electron chi connectivity index (χ0n) is 16.0. The van der Waals surface area contributed by atoms with Crippen LogP contribution in [0.15, 0.2) is 60.8 Å². The van der Waals surface area contributed by atoms with Crippen LogP contribution in [0.2, 0.25) is 0 Å². The maximum Gasteiger partial charge on any atom is 0.224 e. The van der Waals surface area contributed by atoms with Crippen LogP contribution in [-0.4, -0.2) is 37.0 Å². The predicted octanol–water partition coefficient (Wildman–Crippen LogP) is 2.96. The van der Waals surface area contributed by atoms with Gasteiger partial charge in [0.25, 0.3) is 0 Å². The largest absolute Gasteiger partial charge is 0.497 e. The van der Waals surface area contributed by atoms with Crippen LogP contribution in [-0.2, 0) is 16.0 Å². The molecule has 6 heteroatoms. The number of hydrogen-bond donors (Lipinski definition) is 1. The molecule has 0 aliphatic rings. The third-order valence-corrected chi connectivity index (χ3v) is 4.46. The van der Waals surface area contributed by atoms with Crippen molar-refractivity contribution in [1.29, 1.82) is 0 Å². The molecule has 0 bridgehead atoms. The van der Waals surface area contributed by atoms with E-state index in [4.69, 9.17) is 4.74 Å². The quantitative estimate of drug-likeness (QED) is 0.687. The highest BCUT2D eigenvalue weighted by Crippen LogP contribution is 2.24. The van der Waals surface area contributed by atoms with Gasteiger partial charge in [-0.2, -0.15) is 0 Å². The maximum atomic E-state index is 12.2. The number of carbonyl (C=O) groups is 2. The topological polar surface area (TPSA) is 71.5 Å². The number of fused-ring (bicyclic) bond motifs is 1. The molecule has 1 N–H and O–H groups in total. The molecule has 0 aliphatic carbocycles. The average Bonchev–Trinajstić information content (AvgIpc) is 2.71. The molecule has 144 valence electrons. The summed E-state index contributed by atoms with van der Waals surface area (Å²) >= 11 is 0. The van der Waals surface area contributed by atoms with Crippen molar-refractivity contribution in [3.8, 4) is 5.75 Å². The van der Waals surface area contributed by atoms with Gasteiger partial charge in [-0.25, -0.2) is 0 Å². The Morgan fingerprint density at radius 3 is 2.54 bits per heavy atom. The van der Waals surface area contributed by atoms with E-state index in [0.717, 1.165) is 27.9 Å². The second-order valence-corrected chi connectivity index (χ2v) is 6.40. The molecule has 1 aromatic heterocycles. The zero-order chi connectivity index (χ0) is 19.9. The van der Waals surface area contributed by atoms with E-state index in [2.05, 4.69) is 10.3 Å². The highest BCUT2D eigenvalue weighted by molar-refractivity contribution is 6.01. The monoisotopic (exact) mass is 377 g/mol. The lowest BCUT2D eigenvalue weighted by Crippen LogP contribution is -2.38. The molecule has 0 fully saturated rings. The van der Waals surface area contributed by atoms with E-state index in [-0.39, 0.29) is 18.2 Å². The Morgan fingerprint density at radius 2 is 1.82 bits per heavy atom. The van der Waals surface area contributed by atoms with Crippen LogP contribution in [0.5, 0.6) is 5.75 Å². The van der Waals surface area contributed by atoms with E-state index >= 15 is 0 Å². The van der Waals surface area contributed by atoms with E-state index in [1.807, 2.05) is 54.6 Å². The smallest absolute Gasteiger partial charge is 0.224 e. The fraction of sp³-hybridized carbons (Fsp3) is 0.227. The molecule has 6 nitrogen and oxygen atoms in total. The van der Waals surface area contributed by atoms with Crippen molar-refractivity contribution < 1.29 is 14.3 Å². The standard InChI is InChI=1S/C22H23N3O3/c1-16(26)25(20-7-3-5-18-6-4-12-24-22(18)20)14-13-23-21(27)15-17-8-10-19(28-2)11-9-17/h3-12H,13-15H2,1-2H3,(H,23,27). The molecular weight excluding hydrogens is 354 g/mol. The SMILES string of the molecule is COc1ccc(CC(=O)NCCN(C(C)=O)c2cccc3cccnc23)cc1. The van der Waals surface area contributed by atoms with E-state index in [1.54, 1.807) is 18.2 Å². The Balaban J connectivity index is 1.62. The molecule has 2 amide bonds. The lowest BCUT2D eigenvalue weighted by molar-refractivity contribution is -0.121. The molecular formula is C22H23N3O3. The summed E-state index contributed by atoms with van der Waals surface area (Å²) < 4.78 is 5.12. The lowest BCUT2D eigenvalue weighted by atomic mass is 10.1. The average molecular weight is 377 g/mol. The molecule has 1 heterocycles. The number of aromatic nitrogens is 1. The minimum Gasteiger partial charge on any atom is -0.497 e. The number of ether oxygens (including phenoxy) is 1. The van der Waals surface area contributed by atoms with E-state index in [1.165, 1.54) is 6.92 Å². The van der Waals surface area contributed by atoms with Crippen molar-refractivity contribution in [1.82, 2.24) is 10.3 Å². The number of methoxy groups -OCH3 is 1. The first-order valence-electron chi connectivity index (χ1n) is 9.10. The first-order valence-corrected chi connectivity index (χ1v) is 9.10. The van der Waals surface area contributed by atoms with Gasteiger partial charge in [0.1, 0.15) is 5.75 Å². The molecule has 0 unspecified atom stereocenters. The van der Waals surface area contributed by atoms with Crippen molar-refractivity contribution in [2.45, 2.75) is 13.3 Å². The summed E-state index contributed by atoms with van der Waals surface area (Å²) in [7, 11) is 1.61. The van der Waals surface area contributed by atoms with Gasteiger partial charge in [0.2, 0.25) is 11.8 Å². The first-order chi connectivity index (χ1) is 13.6. The predicted molar refractivity (Wildman–Crippen MR) is 109 cm³/mol. The Kier molecular flexibility index (Phi) is 6.22. The number of para-hydroxylation sites is 1. The Bertz CT molecular complexity index is 965. The fourth-order valence-electron chi connectivity index (χ4n) is 3.05. The molecule has 0 spiro atoms. The summed E-state index contributed by atoms with van der Waals surface area (Å²) in [5, 5.41) is 3.85. The summed E-state index contributed by atoms with van der Waals surface area (Å²) in [5.74, 6) is 0.567. The molecule has 2 aromatic carbocycles. The molecule has 3 rings (SSSR count). The van der Waals surface area contributed by atoms with Crippen molar-refractivity contribution in [2.24, 2.45) is 0 Å². The number of hydrogen-bond acceptors (Lipinski definition) is 4. The number of nitrogens with one attached hydrogen (secondary N) is 1. The zero-order valence-corrected chi connectivity index (χ0v) is 16.0. The van der Waals surface area contributed by atoms with Gasteiger partial charge < -0.3 is 15.0 Å². The highest BCUT2D eigenvalue weighted by atomic mass is 16.5. The van der Waals surface area contributed by atoms with Crippen LogP contribution in [0.1, 0.15) is 12.5 Å². The van der Waals surface area contributed by atoms with E-state index < -0.39 is 0 Å². The van der Waals surface area contributed by atoms with Crippen LogP contribution in [0.25, 0.3) is 10.9 Å². The summed E-state index contributed by atoms with van der Waals surface area (Å²) in [6.07, 6.45) is 1.99. The van der Waals surface area contributed by atoms with E-state index in [0.29, 0.717) is 13.1 Å². The number of pyridine rings is 1. The Labute approximate surface area is 164 Å². The van der Waals surface area contributed by atoms with Gasteiger partial charge in [-0.05, 0) is 29.8 Å². The van der Waals surface area contributed by atoms with Crippen LogP contribution in [0, 0.1) is 0 Å². The van der Waals surface area contributed by atoms with Gasteiger partial charge in [-0.1, -0.05) is 30.3 Å².